The van der Waals surface area contributed by atoms with Gasteiger partial charge in [0.1, 0.15) is 5.69 Å². The number of nitrogens with two attached hydrogens (primary N) is 1. The van der Waals surface area contributed by atoms with Crippen LogP contribution in [0.25, 0.3) is 0 Å². The normalized spacial score (nSPS) is 13.6. The van der Waals surface area contributed by atoms with Gasteiger partial charge in [-0.25, -0.2) is 4.98 Å². The first-order valence-corrected chi connectivity index (χ1v) is 8.89. The van der Waals surface area contributed by atoms with Gasteiger partial charge in [0, 0.05) is 30.1 Å². The summed E-state index contributed by atoms with van der Waals surface area (Å²) in [6, 6.07) is 4.45. The zero-order valence-corrected chi connectivity index (χ0v) is 14.6. The van der Waals surface area contributed by atoms with E-state index in [1.807, 2.05) is 4.90 Å². The van der Waals surface area contributed by atoms with Gasteiger partial charge in [0.15, 0.2) is 5.13 Å². The second-order valence-electron chi connectivity index (χ2n) is 5.90. The molecule has 26 heavy (non-hydrogen) atoms. The molecular weight excluding hydrogens is 358 g/mol. The van der Waals surface area contributed by atoms with E-state index in [-0.39, 0.29) is 17.7 Å². The second kappa shape index (κ2) is 7.48. The van der Waals surface area contributed by atoms with E-state index in [9.17, 15) is 19.7 Å². The van der Waals surface area contributed by atoms with E-state index in [2.05, 4.69) is 10.3 Å². The minimum atomic E-state index is -0.513. The SMILES string of the molecule is NC(=O)Cc1csc(NC(=O)c2ccc(N3CCCC3)c([N+](=O)[O-])c2)n1. The Balaban J connectivity index is 1.78. The van der Waals surface area contributed by atoms with Gasteiger partial charge in [0.2, 0.25) is 5.91 Å². The Hall–Kier alpha value is -3.01. The molecule has 9 nitrogen and oxygen atoms in total. The van der Waals surface area contributed by atoms with Crippen molar-refractivity contribution in [2.75, 3.05) is 23.3 Å². The topological polar surface area (TPSA) is 131 Å². The maximum atomic E-state index is 12.4. The quantitative estimate of drug-likeness (QED) is 0.586. The zero-order chi connectivity index (χ0) is 18.7. The van der Waals surface area contributed by atoms with Gasteiger partial charge in [0.05, 0.1) is 17.0 Å². The molecule has 3 N–H and O–H groups in total. The van der Waals surface area contributed by atoms with Crippen molar-refractivity contribution in [2.45, 2.75) is 19.3 Å². The summed E-state index contributed by atoms with van der Waals surface area (Å²) in [5.41, 5.74) is 6.19. The third kappa shape index (κ3) is 3.97. The third-order valence-corrected chi connectivity index (χ3v) is 4.82. The van der Waals surface area contributed by atoms with Gasteiger partial charge >= 0.3 is 0 Å². The minimum absolute atomic E-state index is 0.0115. The third-order valence-electron chi connectivity index (χ3n) is 4.01. The Morgan fingerprint density at radius 2 is 2.08 bits per heavy atom. The first-order chi connectivity index (χ1) is 12.4. The Kier molecular flexibility index (Phi) is 5.12. The standard InChI is InChI=1S/C16H17N5O4S/c17-14(22)8-11-9-26-16(18-11)19-15(23)10-3-4-12(13(7-10)21(24)25)20-5-1-2-6-20/h3-4,7,9H,1-2,5-6,8H2,(H2,17,22)(H,18,19,23). The molecule has 0 unspecified atom stereocenters. The molecule has 1 aromatic carbocycles. The number of anilines is 2. The molecule has 0 bridgehead atoms. The Morgan fingerprint density at radius 1 is 1.35 bits per heavy atom. The first-order valence-electron chi connectivity index (χ1n) is 8.01. The number of hydrogen-bond acceptors (Lipinski definition) is 7. The van der Waals surface area contributed by atoms with E-state index in [0.717, 1.165) is 37.3 Å². The fraction of sp³-hybridized carbons (Fsp3) is 0.312. The molecule has 2 heterocycles. The minimum Gasteiger partial charge on any atom is -0.369 e. The Morgan fingerprint density at radius 3 is 2.73 bits per heavy atom. The molecule has 0 aliphatic carbocycles. The van der Waals surface area contributed by atoms with Crippen LogP contribution in [0.4, 0.5) is 16.5 Å². The van der Waals surface area contributed by atoms with Crippen molar-refractivity contribution in [3.63, 3.8) is 0 Å². The fourth-order valence-electron chi connectivity index (χ4n) is 2.83. The highest BCUT2D eigenvalue weighted by molar-refractivity contribution is 7.14. The van der Waals surface area contributed by atoms with Gasteiger partial charge in [-0.3, -0.25) is 25.0 Å². The summed E-state index contributed by atoms with van der Waals surface area (Å²) in [5.74, 6) is -1.01. The number of primary amides is 1. The number of nitrogens with one attached hydrogen (secondary N) is 1. The molecule has 1 aliphatic rings. The van der Waals surface area contributed by atoms with Crippen molar-refractivity contribution in [2.24, 2.45) is 5.73 Å². The Bertz CT molecular complexity index is 860. The predicted octanol–water partition coefficient (Wildman–Crippen LogP) is 1.93. The average molecular weight is 375 g/mol. The number of nitro groups is 1. The van der Waals surface area contributed by atoms with Crippen LogP contribution in [-0.2, 0) is 11.2 Å². The molecule has 1 aromatic heterocycles. The van der Waals surface area contributed by atoms with Gasteiger partial charge in [-0.2, -0.15) is 0 Å². The van der Waals surface area contributed by atoms with E-state index in [1.54, 1.807) is 17.5 Å². The van der Waals surface area contributed by atoms with Crippen LogP contribution in [0.15, 0.2) is 23.6 Å². The molecule has 0 atom stereocenters. The van der Waals surface area contributed by atoms with Crippen LogP contribution in [0.3, 0.4) is 0 Å². The molecule has 136 valence electrons. The Labute approximate surface area is 153 Å². The summed E-state index contributed by atoms with van der Waals surface area (Å²) in [5, 5.41) is 15.9. The van der Waals surface area contributed by atoms with Gasteiger partial charge in [-0.1, -0.05) is 0 Å². The van der Waals surface area contributed by atoms with E-state index in [1.165, 1.54) is 6.07 Å². The number of benzene rings is 1. The van der Waals surface area contributed by atoms with Gasteiger partial charge in [-0.05, 0) is 25.0 Å². The number of carbonyl (C=O) groups is 2. The summed E-state index contributed by atoms with van der Waals surface area (Å²) >= 11 is 1.16. The highest BCUT2D eigenvalue weighted by Gasteiger charge is 2.24. The summed E-state index contributed by atoms with van der Waals surface area (Å²) < 4.78 is 0. The van der Waals surface area contributed by atoms with Crippen LogP contribution in [-0.4, -0.2) is 34.8 Å². The van der Waals surface area contributed by atoms with Crippen LogP contribution in [0.5, 0.6) is 0 Å². The maximum absolute atomic E-state index is 12.4. The van der Waals surface area contributed by atoms with Crippen molar-refractivity contribution in [3.05, 3.63) is 45.0 Å². The molecule has 0 saturated carbocycles. The summed E-state index contributed by atoms with van der Waals surface area (Å²) in [4.78, 5) is 40.3. The number of hydrogen-bond donors (Lipinski definition) is 2. The van der Waals surface area contributed by atoms with Crippen molar-refractivity contribution < 1.29 is 14.5 Å². The summed E-state index contributed by atoms with van der Waals surface area (Å²) in [6.45, 7) is 1.54. The number of aromatic nitrogens is 1. The number of carbonyl (C=O) groups excluding carboxylic acids is 2. The number of thiazole rings is 1. The lowest BCUT2D eigenvalue weighted by Crippen LogP contribution is -2.20. The van der Waals surface area contributed by atoms with Crippen molar-refractivity contribution >= 4 is 39.7 Å². The lowest BCUT2D eigenvalue weighted by molar-refractivity contribution is -0.384. The monoisotopic (exact) mass is 375 g/mol. The van der Waals surface area contributed by atoms with Gasteiger partial charge in [-0.15, -0.1) is 11.3 Å². The fourth-order valence-corrected chi connectivity index (χ4v) is 3.54. The van der Waals surface area contributed by atoms with Crippen LogP contribution < -0.4 is 16.0 Å². The van der Waals surface area contributed by atoms with Gasteiger partial charge < -0.3 is 10.6 Å². The molecule has 1 saturated heterocycles. The van der Waals surface area contributed by atoms with Crippen LogP contribution >= 0.6 is 11.3 Å². The van der Waals surface area contributed by atoms with Crippen molar-refractivity contribution in [1.82, 2.24) is 4.98 Å². The molecule has 3 rings (SSSR count). The number of nitro benzene ring substituents is 1. The molecule has 0 spiro atoms. The maximum Gasteiger partial charge on any atom is 0.293 e. The number of rotatable bonds is 6. The largest absolute Gasteiger partial charge is 0.369 e. The molecular formula is C16H17N5O4S. The highest BCUT2D eigenvalue weighted by Crippen LogP contribution is 2.32. The van der Waals surface area contributed by atoms with E-state index >= 15 is 0 Å². The van der Waals surface area contributed by atoms with E-state index < -0.39 is 16.7 Å². The van der Waals surface area contributed by atoms with E-state index in [4.69, 9.17) is 5.73 Å². The van der Waals surface area contributed by atoms with Gasteiger partial charge in [0.25, 0.3) is 11.6 Å². The molecule has 2 amide bonds. The molecule has 1 fully saturated rings. The van der Waals surface area contributed by atoms with Crippen LogP contribution in [0.2, 0.25) is 0 Å². The highest BCUT2D eigenvalue weighted by atomic mass is 32.1. The summed E-state index contributed by atoms with van der Waals surface area (Å²) in [6.07, 6.45) is 1.98. The smallest absolute Gasteiger partial charge is 0.293 e. The van der Waals surface area contributed by atoms with Crippen molar-refractivity contribution in [1.29, 1.82) is 0 Å². The van der Waals surface area contributed by atoms with E-state index in [0.29, 0.717) is 16.5 Å². The molecule has 1 aliphatic heterocycles. The zero-order valence-electron chi connectivity index (χ0n) is 13.8. The summed E-state index contributed by atoms with van der Waals surface area (Å²) in [7, 11) is 0. The van der Waals surface area contributed by atoms with Crippen molar-refractivity contribution in [3.8, 4) is 0 Å². The lowest BCUT2D eigenvalue weighted by atomic mass is 10.1. The molecule has 0 radical (unpaired) electrons. The second-order valence-corrected chi connectivity index (χ2v) is 6.75. The molecule has 2 aromatic rings. The van der Waals surface area contributed by atoms with Crippen LogP contribution in [0, 0.1) is 10.1 Å². The predicted molar refractivity (Wildman–Crippen MR) is 97.5 cm³/mol. The number of amides is 2. The number of nitrogens with zero attached hydrogens (tertiary/aromatic N) is 3. The average Bonchev–Trinajstić information content (AvgIpc) is 3.25. The first kappa shape index (κ1) is 17.8. The molecule has 10 heteroatoms. The lowest BCUT2D eigenvalue weighted by Gasteiger charge is -2.17. The van der Waals surface area contributed by atoms with Crippen LogP contribution in [0.1, 0.15) is 28.9 Å².